The van der Waals surface area contributed by atoms with E-state index in [1.165, 1.54) is 14.7 Å². The summed E-state index contributed by atoms with van der Waals surface area (Å²) < 4.78 is 2.40. The molecule has 94 valence electrons. The van der Waals surface area contributed by atoms with E-state index >= 15 is 0 Å². The van der Waals surface area contributed by atoms with Crippen LogP contribution in [0.4, 0.5) is 0 Å². The van der Waals surface area contributed by atoms with Gasteiger partial charge in [0.1, 0.15) is 0 Å². The van der Waals surface area contributed by atoms with E-state index in [2.05, 4.69) is 99.3 Å². The minimum absolute atomic E-state index is 0.359. The van der Waals surface area contributed by atoms with Crippen LogP contribution in [-0.4, -0.2) is 0 Å². The molecule has 1 nitrogen and oxygen atoms in total. The van der Waals surface area contributed by atoms with Crippen molar-refractivity contribution in [1.82, 2.24) is 5.32 Å². The highest BCUT2D eigenvalue weighted by Crippen LogP contribution is 2.17. The predicted octanol–water partition coefficient (Wildman–Crippen LogP) is 4.90. The van der Waals surface area contributed by atoms with E-state index in [1.54, 1.807) is 0 Å². The summed E-state index contributed by atoms with van der Waals surface area (Å²) in [4.78, 5) is 0. The molecule has 3 heteroatoms. The first kappa shape index (κ1) is 14.0. The van der Waals surface area contributed by atoms with E-state index in [1.807, 2.05) is 0 Å². The SMILES string of the molecule is CC(NCc1ccc(I)cc1)c1ccc(Br)cc1. The third-order valence-electron chi connectivity index (χ3n) is 2.90. The van der Waals surface area contributed by atoms with Crippen molar-refractivity contribution in [2.45, 2.75) is 19.5 Å². The number of halogens is 2. The molecule has 0 heterocycles. The standard InChI is InChI=1S/C15H15BrIN/c1-11(13-4-6-14(16)7-5-13)18-10-12-2-8-15(17)9-3-12/h2-9,11,18H,10H2,1H3. The van der Waals surface area contributed by atoms with Crippen molar-refractivity contribution in [2.75, 3.05) is 0 Å². The fraction of sp³-hybridized carbons (Fsp3) is 0.200. The average Bonchev–Trinajstić information content (AvgIpc) is 2.38. The number of hydrogen-bond donors (Lipinski definition) is 1. The average molecular weight is 416 g/mol. The van der Waals surface area contributed by atoms with Crippen LogP contribution in [0.1, 0.15) is 24.1 Å². The summed E-state index contributed by atoms with van der Waals surface area (Å²) in [6.45, 7) is 3.09. The maximum Gasteiger partial charge on any atom is 0.0294 e. The van der Waals surface area contributed by atoms with Gasteiger partial charge in [-0.05, 0) is 64.9 Å². The monoisotopic (exact) mass is 415 g/mol. The van der Waals surface area contributed by atoms with Crippen LogP contribution in [0.5, 0.6) is 0 Å². The van der Waals surface area contributed by atoms with E-state index in [0.29, 0.717) is 6.04 Å². The maximum absolute atomic E-state index is 3.54. The number of hydrogen-bond acceptors (Lipinski definition) is 1. The van der Waals surface area contributed by atoms with Crippen LogP contribution in [0.15, 0.2) is 53.0 Å². The molecule has 2 aromatic carbocycles. The van der Waals surface area contributed by atoms with Gasteiger partial charge in [-0.1, -0.05) is 40.2 Å². The molecule has 18 heavy (non-hydrogen) atoms. The molecular weight excluding hydrogens is 401 g/mol. The van der Waals surface area contributed by atoms with Crippen LogP contribution < -0.4 is 5.32 Å². The Morgan fingerprint density at radius 3 is 2.28 bits per heavy atom. The van der Waals surface area contributed by atoms with Gasteiger partial charge in [0.2, 0.25) is 0 Å². The minimum Gasteiger partial charge on any atom is -0.306 e. The molecule has 0 saturated carbocycles. The Labute approximate surface area is 130 Å². The second kappa shape index (κ2) is 6.68. The zero-order valence-electron chi connectivity index (χ0n) is 10.2. The Morgan fingerprint density at radius 2 is 1.67 bits per heavy atom. The molecule has 0 amide bonds. The van der Waals surface area contributed by atoms with Crippen LogP contribution >= 0.6 is 38.5 Å². The van der Waals surface area contributed by atoms with Crippen molar-refractivity contribution in [3.63, 3.8) is 0 Å². The van der Waals surface area contributed by atoms with Gasteiger partial charge in [0.05, 0.1) is 0 Å². The van der Waals surface area contributed by atoms with Gasteiger partial charge in [-0.2, -0.15) is 0 Å². The number of nitrogens with one attached hydrogen (secondary N) is 1. The highest BCUT2D eigenvalue weighted by Gasteiger charge is 2.04. The first-order valence-corrected chi connectivity index (χ1v) is 7.75. The smallest absolute Gasteiger partial charge is 0.0294 e. The third-order valence-corrected chi connectivity index (χ3v) is 4.14. The Kier molecular flexibility index (Phi) is 5.21. The first-order chi connectivity index (χ1) is 8.65. The van der Waals surface area contributed by atoms with E-state index in [9.17, 15) is 0 Å². The number of rotatable bonds is 4. The van der Waals surface area contributed by atoms with Gasteiger partial charge in [-0.15, -0.1) is 0 Å². The zero-order chi connectivity index (χ0) is 13.0. The Bertz CT molecular complexity index is 493. The van der Waals surface area contributed by atoms with Gasteiger partial charge in [0.25, 0.3) is 0 Å². The summed E-state index contributed by atoms with van der Waals surface area (Å²) in [6, 6.07) is 17.4. The molecule has 0 aliphatic heterocycles. The molecule has 1 atom stereocenters. The quantitative estimate of drug-likeness (QED) is 0.700. The van der Waals surface area contributed by atoms with Crippen molar-refractivity contribution < 1.29 is 0 Å². The minimum atomic E-state index is 0.359. The fourth-order valence-electron chi connectivity index (χ4n) is 1.74. The van der Waals surface area contributed by atoms with E-state index in [-0.39, 0.29) is 0 Å². The second-order valence-electron chi connectivity index (χ2n) is 4.28. The molecule has 0 fully saturated rings. The van der Waals surface area contributed by atoms with Crippen molar-refractivity contribution in [2.24, 2.45) is 0 Å². The van der Waals surface area contributed by atoms with Gasteiger partial charge in [-0.3, -0.25) is 0 Å². The predicted molar refractivity (Wildman–Crippen MR) is 88.6 cm³/mol. The van der Waals surface area contributed by atoms with Crippen LogP contribution in [0, 0.1) is 3.57 Å². The molecule has 0 aromatic heterocycles. The van der Waals surface area contributed by atoms with Gasteiger partial charge in [0.15, 0.2) is 0 Å². The van der Waals surface area contributed by atoms with Crippen molar-refractivity contribution in [3.05, 3.63) is 67.7 Å². The van der Waals surface area contributed by atoms with Crippen molar-refractivity contribution in [1.29, 1.82) is 0 Å². The van der Waals surface area contributed by atoms with E-state index in [4.69, 9.17) is 0 Å². The largest absolute Gasteiger partial charge is 0.306 e. The molecule has 0 aliphatic rings. The normalized spacial score (nSPS) is 12.4. The maximum atomic E-state index is 3.54. The second-order valence-corrected chi connectivity index (χ2v) is 6.44. The molecule has 1 unspecified atom stereocenters. The van der Waals surface area contributed by atoms with Crippen LogP contribution in [0.25, 0.3) is 0 Å². The van der Waals surface area contributed by atoms with Gasteiger partial charge < -0.3 is 5.32 Å². The summed E-state index contributed by atoms with van der Waals surface area (Å²) in [5, 5.41) is 3.54. The van der Waals surface area contributed by atoms with Crippen LogP contribution in [0.2, 0.25) is 0 Å². The van der Waals surface area contributed by atoms with Gasteiger partial charge in [-0.25, -0.2) is 0 Å². The van der Waals surface area contributed by atoms with Gasteiger partial charge >= 0.3 is 0 Å². The van der Waals surface area contributed by atoms with Gasteiger partial charge in [0, 0.05) is 20.6 Å². The molecule has 2 aromatic rings. The fourth-order valence-corrected chi connectivity index (χ4v) is 2.37. The van der Waals surface area contributed by atoms with E-state index < -0.39 is 0 Å². The summed E-state index contributed by atoms with van der Waals surface area (Å²) in [5.74, 6) is 0. The molecule has 0 spiro atoms. The summed E-state index contributed by atoms with van der Waals surface area (Å²) in [5.41, 5.74) is 2.63. The van der Waals surface area contributed by atoms with Crippen molar-refractivity contribution >= 4 is 38.5 Å². The molecule has 0 aliphatic carbocycles. The molecule has 1 N–H and O–H groups in total. The lowest BCUT2D eigenvalue weighted by Crippen LogP contribution is -2.17. The highest BCUT2D eigenvalue weighted by atomic mass is 127. The summed E-state index contributed by atoms with van der Waals surface area (Å²) >= 11 is 5.78. The Balaban J connectivity index is 1.93. The molecule has 2 rings (SSSR count). The van der Waals surface area contributed by atoms with Crippen LogP contribution in [-0.2, 0) is 6.54 Å². The molecule has 0 radical (unpaired) electrons. The lowest BCUT2D eigenvalue weighted by atomic mass is 10.1. The van der Waals surface area contributed by atoms with Crippen LogP contribution in [0.3, 0.4) is 0 Å². The Morgan fingerprint density at radius 1 is 1.06 bits per heavy atom. The molecule has 0 bridgehead atoms. The topological polar surface area (TPSA) is 12.0 Å². The zero-order valence-corrected chi connectivity index (χ0v) is 13.9. The summed E-state index contributed by atoms with van der Waals surface area (Å²) in [7, 11) is 0. The molecular formula is C15H15BrIN. The lowest BCUT2D eigenvalue weighted by Gasteiger charge is -2.14. The van der Waals surface area contributed by atoms with E-state index in [0.717, 1.165) is 11.0 Å². The highest BCUT2D eigenvalue weighted by molar-refractivity contribution is 14.1. The first-order valence-electron chi connectivity index (χ1n) is 5.88. The lowest BCUT2D eigenvalue weighted by molar-refractivity contribution is 0.574. The Hall–Kier alpha value is -0.390. The third kappa shape index (κ3) is 4.07. The molecule has 0 saturated heterocycles. The number of benzene rings is 2. The summed E-state index contributed by atoms with van der Waals surface area (Å²) in [6.07, 6.45) is 0. The van der Waals surface area contributed by atoms with Crippen molar-refractivity contribution in [3.8, 4) is 0 Å².